The molecule has 3 rings (SSSR count). The Labute approximate surface area is 150 Å². The quantitative estimate of drug-likeness (QED) is 0.925. The molecule has 0 saturated carbocycles. The van der Waals surface area contributed by atoms with Gasteiger partial charge >= 0.3 is 6.03 Å². The number of amides is 2. The van der Waals surface area contributed by atoms with Crippen molar-refractivity contribution in [3.05, 3.63) is 54.1 Å². The highest BCUT2D eigenvalue weighted by Gasteiger charge is 2.24. The molecule has 5 heteroatoms. The summed E-state index contributed by atoms with van der Waals surface area (Å²) in [6, 6.07) is 8.85. The average Bonchev–Trinajstić information content (AvgIpc) is 3.14. The van der Waals surface area contributed by atoms with Crippen LogP contribution in [-0.2, 0) is 12.0 Å². The zero-order valence-corrected chi connectivity index (χ0v) is 15.4. The van der Waals surface area contributed by atoms with Gasteiger partial charge in [0.15, 0.2) is 0 Å². The van der Waals surface area contributed by atoms with Crippen molar-refractivity contribution in [2.24, 2.45) is 0 Å². The highest BCUT2D eigenvalue weighted by atomic mass is 16.2. The van der Waals surface area contributed by atoms with Gasteiger partial charge in [-0.1, -0.05) is 45.0 Å². The van der Waals surface area contributed by atoms with Crippen LogP contribution in [0.4, 0.5) is 4.79 Å². The lowest BCUT2D eigenvalue weighted by atomic mass is 9.87. The number of aromatic nitrogens is 2. The maximum absolute atomic E-state index is 12.5. The zero-order chi connectivity index (χ0) is 17.9. The van der Waals surface area contributed by atoms with Gasteiger partial charge in [-0.2, -0.15) is 0 Å². The Bertz CT molecular complexity index is 685. The summed E-state index contributed by atoms with van der Waals surface area (Å²) >= 11 is 0. The SMILES string of the molecule is CC(C)(C)c1ccc(CNC(=O)N2CCCC(n3ccnc3)C2)cc1. The molecule has 5 nitrogen and oxygen atoms in total. The first-order chi connectivity index (χ1) is 11.9. The Kier molecular flexibility index (Phi) is 5.11. The number of benzene rings is 1. The molecule has 0 spiro atoms. The van der Waals surface area contributed by atoms with Gasteiger partial charge < -0.3 is 14.8 Å². The molecule has 1 aliphatic heterocycles. The van der Waals surface area contributed by atoms with Crippen molar-refractivity contribution in [1.29, 1.82) is 0 Å². The molecule has 25 heavy (non-hydrogen) atoms. The maximum Gasteiger partial charge on any atom is 0.317 e. The fraction of sp³-hybridized carbons (Fsp3) is 0.500. The maximum atomic E-state index is 12.5. The fourth-order valence-electron chi connectivity index (χ4n) is 3.28. The van der Waals surface area contributed by atoms with E-state index in [1.54, 1.807) is 6.20 Å². The van der Waals surface area contributed by atoms with Crippen molar-refractivity contribution in [3.63, 3.8) is 0 Å². The molecule has 0 bridgehead atoms. The highest BCUT2D eigenvalue weighted by molar-refractivity contribution is 5.74. The third-order valence-corrected chi connectivity index (χ3v) is 4.89. The number of hydrogen-bond donors (Lipinski definition) is 1. The van der Waals surface area contributed by atoms with E-state index in [2.05, 4.69) is 59.9 Å². The first-order valence-corrected chi connectivity index (χ1v) is 9.03. The number of likely N-dealkylation sites (tertiary alicyclic amines) is 1. The smallest absolute Gasteiger partial charge is 0.317 e. The fourth-order valence-corrected chi connectivity index (χ4v) is 3.28. The number of piperidine rings is 1. The van der Waals surface area contributed by atoms with E-state index in [4.69, 9.17) is 0 Å². The van der Waals surface area contributed by atoms with Crippen LogP contribution in [0.15, 0.2) is 43.0 Å². The minimum Gasteiger partial charge on any atom is -0.334 e. The minimum absolute atomic E-state index is 0.0183. The van der Waals surface area contributed by atoms with Crippen LogP contribution in [0, 0.1) is 0 Å². The van der Waals surface area contributed by atoms with Gasteiger partial charge in [0.05, 0.1) is 12.4 Å². The summed E-state index contributed by atoms with van der Waals surface area (Å²) in [6.07, 6.45) is 7.72. The molecule has 2 heterocycles. The largest absolute Gasteiger partial charge is 0.334 e. The topological polar surface area (TPSA) is 50.2 Å². The lowest BCUT2D eigenvalue weighted by molar-refractivity contribution is 0.166. The van der Waals surface area contributed by atoms with E-state index in [0.717, 1.165) is 31.5 Å². The standard InChI is InChI=1S/C20H28N4O/c1-20(2,3)17-8-6-16(7-9-17)13-22-19(25)23-11-4-5-18(14-23)24-12-10-21-15-24/h6-10,12,15,18H,4-5,11,13-14H2,1-3H3,(H,22,25). The van der Waals surface area contributed by atoms with Crippen LogP contribution < -0.4 is 5.32 Å². The molecular weight excluding hydrogens is 312 g/mol. The summed E-state index contributed by atoms with van der Waals surface area (Å²) in [7, 11) is 0. The molecule has 1 unspecified atom stereocenters. The van der Waals surface area contributed by atoms with Crippen molar-refractivity contribution in [2.45, 2.75) is 51.6 Å². The van der Waals surface area contributed by atoms with E-state index in [1.165, 1.54) is 5.56 Å². The van der Waals surface area contributed by atoms with E-state index in [-0.39, 0.29) is 11.4 Å². The molecule has 1 aromatic carbocycles. The molecular formula is C20H28N4O. The number of nitrogens with zero attached hydrogens (tertiary/aromatic N) is 3. The van der Waals surface area contributed by atoms with Gasteiger partial charge in [0.1, 0.15) is 0 Å². The van der Waals surface area contributed by atoms with Gasteiger partial charge in [-0.3, -0.25) is 0 Å². The monoisotopic (exact) mass is 340 g/mol. The predicted octanol–water partition coefficient (Wildman–Crippen LogP) is 3.73. The molecule has 0 radical (unpaired) electrons. The molecule has 1 atom stereocenters. The second-order valence-electron chi connectivity index (χ2n) is 7.86. The van der Waals surface area contributed by atoms with Crippen LogP contribution in [0.2, 0.25) is 0 Å². The average molecular weight is 340 g/mol. The zero-order valence-electron chi connectivity index (χ0n) is 15.4. The van der Waals surface area contributed by atoms with E-state index in [0.29, 0.717) is 12.6 Å². The molecule has 2 aromatic rings. The summed E-state index contributed by atoms with van der Waals surface area (Å²) in [5.74, 6) is 0. The van der Waals surface area contributed by atoms with E-state index in [1.807, 2.05) is 17.4 Å². The van der Waals surface area contributed by atoms with Gasteiger partial charge in [0, 0.05) is 32.0 Å². The number of nitrogens with one attached hydrogen (secondary N) is 1. The Morgan fingerprint density at radius 3 is 2.68 bits per heavy atom. The van der Waals surface area contributed by atoms with Gasteiger partial charge in [-0.25, -0.2) is 9.78 Å². The van der Waals surface area contributed by atoms with Crippen LogP contribution in [-0.4, -0.2) is 33.6 Å². The van der Waals surface area contributed by atoms with Crippen LogP contribution in [0.3, 0.4) is 0 Å². The number of rotatable bonds is 3. The number of urea groups is 1. The Morgan fingerprint density at radius 1 is 1.28 bits per heavy atom. The number of carbonyl (C=O) groups is 1. The van der Waals surface area contributed by atoms with Crippen molar-refractivity contribution in [2.75, 3.05) is 13.1 Å². The number of hydrogen-bond acceptors (Lipinski definition) is 2. The van der Waals surface area contributed by atoms with E-state index in [9.17, 15) is 4.79 Å². The van der Waals surface area contributed by atoms with Gasteiger partial charge in [0.25, 0.3) is 0 Å². The summed E-state index contributed by atoms with van der Waals surface area (Å²) in [5.41, 5.74) is 2.59. The lowest BCUT2D eigenvalue weighted by Crippen LogP contribution is -2.45. The van der Waals surface area contributed by atoms with Crippen LogP contribution in [0.5, 0.6) is 0 Å². The third-order valence-electron chi connectivity index (χ3n) is 4.89. The molecule has 2 amide bonds. The van der Waals surface area contributed by atoms with E-state index < -0.39 is 0 Å². The minimum atomic E-state index is 0.0183. The van der Waals surface area contributed by atoms with Crippen molar-refractivity contribution in [1.82, 2.24) is 19.8 Å². The van der Waals surface area contributed by atoms with E-state index >= 15 is 0 Å². The molecule has 134 valence electrons. The molecule has 1 aromatic heterocycles. The van der Waals surface area contributed by atoms with Crippen LogP contribution in [0.25, 0.3) is 0 Å². The van der Waals surface area contributed by atoms with Gasteiger partial charge in [0.2, 0.25) is 0 Å². The first-order valence-electron chi connectivity index (χ1n) is 9.03. The van der Waals surface area contributed by atoms with Gasteiger partial charge in [-0.05, 0) is 29.4 Å². The normalized spacial score (nSPS) is 18.2. The Balaban J connectivity index is 1.53. The lowest BCUT2D eigenvalue weighted by Gasteiger charge is -2.33. The number of imidazole rings is 1. The first kappa shape index (κ1) is 17.5. The summed E-state index contributed by atoms with van der Waals surface area (Å²) in [5, 5.41) is 3.05. The second kappa shape index (κ2) is 7.30. The molecule has 1 fully saturated rings. The summed E-state index contributed by atoms with van der Waals surface area (Å²) < 4.78 is 2.10. The van der Waals surface area contributed by atoms with Crippen molar-refractivity contribution in [3.8, 4) is 0 Å². The molecule has 1 N–H and O–H groups in total. The summed E-state index contributed by atoms with van der Waals surface area (Å²) in [4.78, 5) is 18.5. The van der Waals surface area contributed by atoms with Crippen LogP contribution in [0.1, 0.15) is 50.8 Å². The molecule has 1 saturated heterocycles. The molecule has 1 aliphatic rings. The molecule has 0 aliphatic carbocycles. The number of carbonyl (C=O) groups excluding carboxylic acids is 1. The highest BCUT2D eigenvalue weighted by Crippen LogP contribution is 2.23. The van der Waals surface area contributed by atoms with Crippen molar-refractivity contribution >= 4 is 6.03 Å². The Morgan fingerprint density at radius 2 is 2.04 bits per heavy atom. The van der Waals surface area contributed by atoms with Gasteiger partial charge in [-0.15, -0.1) is 0 Å². The predicted molar refractivity (Wildman–Crippen MR) is 99.4 cm³/mol. The van der Waals surface area contributed by atoms with Crippen LogP contribution >= 0.6 is 0 Å². The summed E-state index contributed by atoms with van der Waals surface area (Å²) in [6.45, 7) is 8.74. The van der Waals surface area contributed by atoms with Crippen molar-refractivity contribution < 1.29 is 4.79 Å². The third kappa shape index (κ3) is 4.41. The second-order valence-corrected chi connectivity index (χ2v) is 7.86. The Hall–Kier alpha value is -2.30.